The van der Waals surface area contributed by atoms with Crippen LogP contribution in [0.5, 0.6) is 0 Å². The van der Waals surface area contributed by atoms with Crippen LogP contribution in [0, 0.1) is 0 Å². The van der Waals surface area contributed by atoms with Gasteiger partial charge >= 0.3 is 0 Å². The molecule has 0 unspecified atom stereocenters. The van der Waals surface area contributed by atoms with Gasteiger partial charge in [0, 0.05) is 5.69 Å². The highest BCUT2D eigenvalue weighted by Gasteiger charge is 2.11. The predicted octanol–water partition coefficient (Wildman–Crippen LogP) is 2.85. The van der Waals surface area contributed by atoms with Gasteiger partial charge in [0.15, 0.2) is 0 Å². The van der Waals surface area contributed by atoms with Crippen LogP contribution < -0.4 is 11.1 Å². The Kier molecular flexibility index (Phi) is 4.36. The Hall–Kier alpha value is -1.92. The first-order valence-electron chi connectivity index (χ1n) is 5.50. The number of benzene rings is 1. The van der Waals surface area contributed by atoms with Gasteiger partial charge in [0.2, 0.25) is 5.91 Å². The Labute approximate surface area is 128 Å². The van der Waals surface area contributed by atoms with E-state index in [2.05, 4.69) is 26.2 Å². The van der Waals surface area contributed by atoms with Gasteiger partial charge < -0.3 is 11.1 Å². The number of carbonyl (C=O) groups excluding carboxylic acids is 2. The van der Waals surface area contributed by atoms with E-state index in [4.69, 9.17) is 17.3 Å². The predicted molar refractivity (Wildman–Crippen MR) is 79.9 cm³/mol. The van der Waals surface area contributed by atoms with Crippen LogP contribution in [0.15, 0.2) is 41.0 Å². The van der Waals surface area contributed by atoms with Gasteiger partial charge in [0.05, 0.1) is 10.6 Å². The summed E-state index contributed by atoms with van der Waals surface area (Å²) in [6, 6.07) is 9.47. The average Bonchev–Trinajstić information content (AvgIpc) is 2.40. The van der Waals surface area contributed by atoms with E-state index in [1.54, 1.807) is 24.3 Å². The van der Waals surface area contributed by atoms with Crippen molar-refractivity contribution in [1.82, 2.24) is 4.98 Å². The van der Waals surface area contributed by atoms with Crippen LogP contribution in [-0.4, -0.2) is 16.8 Å². The third-order valence-corrected chi connectivity index (χ3v) is 3.21. The van der Waals surface area contributed by atoms with Gasteiger partial charge in [-0.25, -0.2) is 4.98 Å². The minimum Gasteiger partial charge on any atom is -0.366 e. The van der Waals surface area contributed by atoms with E-state index in [0.29, 0.717) is 10.3 Å². The first-order chi connectivity index (χ1) is 9.47. The van der Waals surface area contributed by atoms with Crippen molar-refractivity contribution in [3.8, 4) is 0 Å². The number of anilines is 1. The molecule has 1 aromatic heterocycles. The number of nitrogens with one attached hydrogen (secondary N) is 1. The fourth-order valence-electron chi connectivity index (χ4n) is 1.52. The van der Waals surface area contributed by atoms with Crippen LogP contribution in [0.25, 0.3) is 0 Å². The number of hydrogen-bond donors (Lipinski definition) is 2. The van der Waals surface area contributed by atoms with E-state index in [1.165, 1.54) is 12.1 Å². The Balaban J connectivity index is 2.24. The normalized spacial score (nSPS) is 10.1. The minimum absolute atomic E-state index is 0.145. The van der Waals surface area contributed by atoms with Crippen molar-refractivity contribution >= 4 is 45.0 Å². The summed E-state index contributed by atoms with van der Waals surface area (Å²) in [5.74, 6) is -1.06. The molecule has 1 heterocycles. The van der Waals surface area contributed by atoms with Crippen molar-refractivity contribution in [2.75, 3.05) is 5.32 Å². The molecule has 0 saturated heterocycles. The van der Waals surface area contributed by atoms with Gasteiger partial charge in [-0.1, -0.05) is 17.7 Å². The number of pyridine rings is 1. The lowest BCUT2D eigenvalue weighted by Gasteiger charge is -2.07. The van der Waals surface area contributed by atoms with E-state index < -0.39 is 11.8 Å². The van der Waals surface area contributed by atoms with E-state index in [0.717, 1.165) is 0 Å². The zero-order valence-electron chi connectivity index (χ0n) is 10.1. The number of hydrogen-bond acceptors (Lipinski definition) is 3. The maximum Gasteiger partial charge on any atom is 0.274 e. The molecule has 0 radical (unpaired) electrons. The molecule has 0 aliphatic heterocycles. The fourth-order valence-corrected chi connectivity index (χ4v) is 2.08. The first-order valence-corrected chi connectivity index (χ1v) is 6.68. The highest BCUT2D eigenvalue weighted by Crippen LogP contribution is 2.20. The molecule has 7 heteroatoms. The standard InChI is InChI=1S/C13H9BrClN3O2/c14-11-3-1-2-10(18-11)13(20)17-7-4-5-9(15)8(6-7)12(16)19/h1-6H,(H2,16,19)(H,17,20). The molecule has 0 aliphatic rings. The maximum absolute atomic E-state index is 12.0. The van der Waals surface area contributed by atoms with Gasteiger partial charge in [-0.15, -0.1) is 0 Å². The molecule has 1 aromatic carbocycles. The second kappa shape index (κ2) is 6.02. The molecular weight excluding hydrogens is 346 g/mol. The summed E-state index contributed by atoms with van der Waals surface area (Å²) in [6.07, 6.45) is 0. The number of nitrogens with zero attached hydrogens (tertiary/aromatic N) is 1. The summed E-state index contributed by atoms with van der Waals surface area (Å²) in [6.45, 7) is 0. The number of rotatable bonds is 3. The van der Waals surface area contributed by atoms with Crippen molar-refractivity contribution in [2.24, 2.45) is 5.73 Å². The highest BCUT2D eigenvalue weighted by atomic mass is 79.9. The van der Waals surface area contributed by atoms with E-state index in [1.807, 2.05) is 0 Å². The number of aromatic nitrogens is 1. The van der Waals surface area contributed by atoms with E-state index in [-0.39, 0.29) is 16.3 Å². The molecule has 2 rings (SSSR count). The Morgan fingerprint density at radius 1 is 1.25 bits per heavy atom. The Bertz CT molecular complexity index is 691. The third kappa shape index (κ3) is 3.34. The molecule has 0 fully saturated rings. The summed E-state index contributed by atoms with van der Waals surface area (Å²) in [5.41, 5.74) is 5.99. The average molecular weight is 355 g/mol. The number of carbonyl (C=O) groups is 2. The SMILES string of the molecule is NC(=O)c1cc(NC(=O)c2cccc(Br)n2)ccc1Cl. The van der Waals surface area contributed by atoms with Crippen LogP contribution in [0.2, 0.25) is 5.02 Å². The Morgan fingerprint density at radius 2 is 2.00 bits per heavy atom. The molecule has 3 N–H and O–H groups in total. The summed E-state index contributed by atoms with van der Waals surface area (Å²) >= 11 is 9.02. The lowest BCUT2D eigenvalue weighted by molar-refractivity contribution is 0.0995. The summed E-state index contributed by atoms with van der Waals surface area (Å²) < 4.78 is 0.555. The quantitative estimate of drug-likeness (QED) is 0.831. The van der Waals surface area contributed by atoms with Gasteiger partial charge in [-0.05, 0) is 46.3 Å². The number of primary amides is 1. The monoisotopic (exact) mass is 353 g/mol. The van der Waals surface area contributed by atoms with E-state index in [9.17, 15) is 9.59 Å². The molecule has 2 aromatic rings. The van der Waals surface area contributed by atoms with Crippen LogP contribution in [0.1, 0.15) is 20.8 Å². The van der Waals surface area contributed by atoms with Gasteiger partial charge in [0.25, 0.3) is 5.91 Å². The summed E-state index contributed by atoms with van der Waals surface area (Å²) in [5, 5.41) is 2.85. The summed E-state index contributed by atoms with van der Waals surface area (Å²) in [4.78, 5) is 27.2. The fraction of sp³-hybridized carbons (Fsp3) is 0. The lowest BCUT2D eigenvalue weighted by Crippen LogP contribution is -2.15. The van der Waals surface area contributed by atoms with Crippen molar-refractivity contribution < 1.29 is 9.59 Å². The molecule has 20 heavy (non-hydrogen) atoms. The minimum atomic E-state index is -0.660. The van der Waals surface area contributed by atoms with E-state index >= 15 is 0 Å². The van der Waals surface area contributed by atoms with Crippen LogP contribution in [0.4, 0.5) is 5.69 Å². The number of amides is 2. The largest absolute Gasteiger partial charge is 0.366 e. The third-order valence-electron chi connectivity index (χ3n) is 2.44. The topological polar surface area (TPSA) is 85.1 Å². The van der Waals surface area contributed by atoms with Crippen molar-refractivity contribution in [1.29, 1.82) is 0 Å². The van der Waals surface area contributed by atoms with Crippen LogP contribution >= 0.6 is 27.5 Å². The maximum atomic E-state index is 12.0. The van der Waals surface area contributed by atoms with Crippen molar-refractivity contribution in [2.45, 2.75) is 0 Å². The zero-order chi connectivity index (χ0) is 14.7. The van der Waals surface area contributed by atoms with Gasteiger partial charge in [0.1, 0.15) is 10.3 Å². The summed E-state index contributed by atoms with van der Waals surface area (Å²) in [7, 11) is 0. The molecule has 102 valence electrons. The molecular formula is C13H9BrClN3O2. The molecule has 5 nitrogen and oxygen atoms in total. The molecule has 0 spiro atoms. The molecule has 0 atom stereocenters. The number of nitrogens with two attached hydrogens (primary N) is 1. The Morgan fingerprint density at radius 3 is 2.65 bits per heavy atom. The van der Waals surface area contributed by atoms with Gasteiger partial charge in [-0.2, -0.15) is 0 Å². The molecule has 0 bridgehead atoms. The number of halogens is 2. The van der Waals surface area contributed by atoms with Crippen molar-refractivity contribution in [3.05, 3.63) is 57.3 Å². The molecule has 2 amide bonds. The van der Waals surface area contributed by atoms with Gasteiger partial charge in [-0.3, -0.25) is 9.59 Å². The smallest absolute Gasteiger partial charge is 0.274 e. The highest BCUT2D eigenvalue weighted by molar-refractivity contribution is 9.10. The second-order valence-electron chi connectivity index (χ2n) is 3.86. The zero-order valence-corrected chi connectivity index (χ0v) is 12.4. The first kappa shape index (κ1) is 14.5. The van der Waals surface area contributed by atoms with Crippen LogP contribution in [-0.2, 0) is 0 Å². The lowest BCUT2D eigenvalue weighted by atomic mass is 10.2. The van der Waals surface area contributed by atoms with Crippen molar-refractivity contribution in [3.63, 3.8) is 0 Å². The van der Waals surface area contributed by atoms with Crippen LogP contribution in [0.3, 0.4) is 0 Å². The molecule has 0 aliphatic carbocycles. The molecule has 0 saturated carbocycles. The second-order valence-corrected chi connectivity index (χ2v) is 5.08.